The minimum absolute atomic E-state index is 0.0259. The molecule has 100 valence electrons. The maximum Gasteiger partial charge on any atom is 0.195 e. The van der Waals surface area contributed by atoms with Crippen LogP contribution in [0.1, 0.15) is 5.56 Å². The van der Waals surface area contributed by atoms with Gasteiger partial charge in [-0.15, -0.1) is 0 Å². The first kappa shape index (κ1) is 13.4. The van der Waals surface area contributed by atoms with Gasteiger partial charge in [0.15, 0.2) is 17.5 Å². The molecule has 0 aliphatic heterocycles. The quantitative estimate of drug-likeness (QED) is 0.866. The van der Waals surface area contributed by atoms with E-state index >= 15 is 0 Å². The smallest absolute Gasteiger partial charge is 0.195 e. The van der Waals surface area contributed by atoms with Crippen molar-refractivity contribution in [3.63, 3.8) is 0 Å². The predicted molar refractivity (Wildman–Crippen MR) is 66.2 cm³/mol. The number of methoxy groups -OCH3 is 1. The molecule has 0 radical (unpaired) electrons. The third kappa shape index (κ3) is 2.42. The van der Waals surface area contributed by atoms with Crippen molar-refractivity contribution in [2.24, 2.45) is 5.73 Å². The highest BCUT2D eigenvalue weighted by molar-refractivity contribution is 5.69. The zero-order chi connectivity index (χ0) is 14.0. The molecule has 2 nitrogen and oxygen atoms in total. The molecule has 0 heterocycles. The third-order valence-electron chi connectivity index (χ3n) is 2.86. The van der Waals surface area contributed by atoms with Crippen molar-refractivity contribution < 1.29 is 17.9 Å². The molecule has 0 amide bonds. The van der Waals surface area contributed by atoms with Crippen LogP contribution in [0.15, 0.2) is 30.3 Å². The summed E-state index contributed by atoms with van der Waals surface area (Å²) < 4.78 is 45.0. The van der Waals surface area contributed by atoms with E-state index in [9.17, 15) is 13.2 Å². The Bertz CT molecular complexity index is 614. The molecule has 0 aliphatic carbocycles. The van der Waals surface area contributed by atoms with Crippen LogP contribution in [-0.4, -0.2) is 7.11 Å². The molecule has 0 saturated carbocycles. The van der Waals surface area contributed by atoms with E-state index in [4.69, 9.17) is 10.5 Å². The monoisotopic (exact) mass is 267 g/mol. The van der Waals surface area contributed by atoms with Crippen molar-refractivity contribution in [1.29, 1.82) is 0 Å². The Morgan fingerprint density at radius 3 is 2.32 bits per heavy atom. The van der Waals surface area contributed by atoms with Gasteiger partial charge in [0.1, 0.15) is 5.75 Å². The summed E-state index contributed by atoms with van der Waals surface area (Å²) in [4.78, 5) is 0. The number of hydrogen-bond acceptors (Lipinski definition) is 2. The molecular formula is C14H12F3NO. The van der Waals surface area contributed by atoms with Crippen LogP contribution >= 0.6 is 0 Å². The normalized spacial score (nSPS) is 10.6. The standard InChI is InChI=1S/C14H12F3NO/c1-19-9-2-3-10(8(6-9)7-18)11-4-5-12(15)14(17)13(11)16/h2-6H,7,18H2,1H3. The van der Waals surface area contributed by atoms with Crippen molar-refractivity contribution in [3.8, 4) is 16.9 Å². The predicted octanol–water partition coefficient (Wildman–Crippen LogP) is 3.24. The van der Waals surface area contributed by atoms with E-state index < -0.39 is 17.5 Å². The van der Waals surface area contributed by atoms with E-state index in [-0.39, 0.29) is 12.1 Å². The van der Waals surface area contributed by atoms with Gasteiger partial charge in [-0.1, -0.05) is 6.07 Å². The minimum atomic E-state index is -1.49. The molecule has 2 rings (SSSR count). The second-order valence-corrected chi connectivity index (χ2v) is 3.95. The van der Waals surface area contributed by atoms with Gasteiger partial charge in [0.2, 0.25) is 0 Å². The lowest BCUT2D eigenvalue weighted by Gasteiger charge is -2.11. The van der Waals surface area contributed by atoms with Crippen LogP contribution in [0.4, 0.5) is 13.2 Å². The summed E-state index contributed by atoms with van der Waals surface area (Å²) in [6.07, 6.45) is 0. The summed E-state index contributed by atoms with van der Waals surface area (Å²) in [6, 6.07) is 6.88. The van der Waals surface area contributed by atoms with Crippen LogP contribution in [0.25, 0.3) is 11.1 Å². The molecule has 0 fully saturated rings. The molecule has 5 heteroatoms. The number of nitrogens with two attached hydrogens (primary N) is 1. The first-order valence-corrected chi connectivity index (χ1v) is 5.59. The van der Waals surface area contributed by atoms with E-state index in [1.807, 2.05) is 0 Å². The highest BCUT2D eigenvalue weighted by Crippen LogP contribution is 2.30. The minimum Gasteiger partial charge on any atom is -0.497 e. The first-order chi connectivity index (χ1) is 9.08. The van der Waals surface area contributed by atoms with Crippen molar-refractivity contribution in [2.75, 3.05) is 7.11 Å². The van der Waals surface area contributed by atoms with Crippen LogP contribution in [0.5, 0.6) is 5.75 Å². The maximum absolute atomic E-state index is 13.8. The fourth-order valence-electron chi connectivity index (χ4n) is 1.86. The Hall–Kier alpha value is -2.01. The van der Waals surface area contributed by atoms with E-state index in [1.54, 1.807) is 18.2 Å². The SMILES string of the molecule is COc1ccc(-c2ccc(F)c(F)c2F)c(CN)c1. The molecule has 0 unspecified atom stereocenters. The Morgan fingerprint density at radius 1 is 1.00 bits per heavy atom. The lowest BCUT2D eigenvalue weighted by Crippen LogP contribution is -2.02. The molecule has 0 aliphatic rings. The molecule has 0 saturated heterocycles. The lowest BCUT2D eigenvalue weighted by molar-refractivity contribution is 0.414. The number of halogens is 3. The van der Waals surface area contributed by atoms with Gasteiger partial charge in [-0.05, 0) is 35.4 Å². The van der Waals surface area contributed by atoms with Crippen LogP contribution < -0.4 is 10.5 Å². The second-order valence-electron chi connectivity index (χ2n) is 3.95. The van der Waals surface area contributed by atoms with Gasteiger partial charge in [0.05, 0.1) is 7.11 Å². The van der Waals surface area contributed by atoms with Crippen LogP contribution in [-0.2, 0) is 6.54 Å². The van der Waals surface area contributed by atoms with Crippen LogP contribution in [0, 0.1) is 17.5 Å². The number of rotatable bonds is 3. The van der Waals surface area contributed by atoms with Crippen molar-refractivity contribution in [3.05, 3.63) is 53.3 Å². The summed E-state index contributed by atoms with van der Waals surface area (Å²) in [6.45, 7) is 0.130. The molecule has 19 heavy (non-hydrogen) atoms. The van der Waals surface area contributed by atoms with Gasteiger partial charge in [-0.3, -0.25) is 0 Å². The first-order valence-electron chi connectivity index (χ1n) is 5.59. The third-order valence-corrected chi connectivity index (χ3v) is 2.86. The van der Waals surface area contributed by atoms with Gasteiger partial charge in [0.25, 0.3) is 0 Å². The molecule has 2 N–H and O–H groups in total. The Labute approximate surface area is 108 Å². The summed E-state index contributed by atoms with van der Waals surface area (Å²) in [5.41, 5.74) is 6.56. The van der Waals surface area contributed by atoms with E-state index in [2.05, 4.69) is 0 Å². The van der Waals surface area contributed by atoms with Crippen LogP contribution in [0.2, 0.25) is 0 Å². The van der Waals surface area contributed by atoms with Crippen molar-refractivity contribution >= 4 is 0 Å². The fourth-order valence-corrected chi connectivity index (χ4v) is 1.86. The number of hydrogen-bond donors (Lipinski definition) is 1. The zero-order valence-corrected chi connectivity index (χ0v) is 10.2. The van der Waals surface area contributed by atoms with Gasteiger partial charge in [-0.25, -0.2) is 13.2 Å². The van der Waals surface area contributed by atoms with Gasteiger partial charge in [-0.2, -0.15) is 0 Å². The molecule has 2 aromatic rings. The van der Waals surface area contributed by atoms with Gasteiger partial charge in [0, 0.05) is 12.1 Å². The van der Waals surface area contributed by atoms with E-state index in [1.165, 1.54) is 13.2 Å². The topological polar surface area (TPSA) is 35.2 Å². The summed E-state index contributed by atoms with van der Waals surface area (Å²) in [7, 11) is 1.49. The summed E-state index contributed by atoms with van der Waals surface area (Å²) in [5.74, 6) is -3.37. The number of ether oxygens (including phenoxy) is 1. The lowest BCUT2D eigenvalue weighted by atomic mass is 9.98. The largest absolute Gasteiger partial charge is 0.497 e. The molecule has 2 aromatic carbocycles. The highest BCUT2D eigenvalue weighted by Gasteiger charge is 2.16. The van der Waals surface area contributed by atoms with E-state index in [0.717, 1.165) is 6.07 Å². The van der Waals surface area contributed by atoms with E-state index in [0.29, 0.717) is 16.9 Å². The Morgan fingerprint density at radius 2 is 1.68 bits per heavy atom. The maximum atomic E-state index is 13.8. The second kappa shape index (κ2) is 5.32. The fraction of sp³-hybridized carbons (Fsp3) is 0.143. The zero-order valence-electron chi connectivity index (χ0n) is 10.2. The Balaban J connectivity index is 2.62. The average molecular weight is 267 g/mol. The molecular weight excluding hydrogens is 255 g/mol. The molecule has 0 aromatic heterocycles. The highest BCUT2D eigenvalue weighted by atomic mass is 19.2. The van der Waals surface area contributed by atoms with Crippen molar-refractivity contribution in [1.82, 2.24) is 0 Å². The van der Waals surface area contributed by atoms with Gasteiger partial charge >= 0.3 is 0 Å². The van der Waals surface area contributed by atoms with Crippen molar-refractivity contribution in [2.45, 2.75) is 6.54 Å². The summed E-state index contributed by atoms with van der Waals surface area (Å²) in [5, 5.41) is 0. The van der Waals surface area contributed by atoms with Crippen LogP contribution in [0.3, 0.4) is 0 Å². The molecule has 0 spiro atoms. The Kier molecular flexibility index (Phi) is 3.76. The average Bonchev–Trinajstić information content (AvgIpc) is 2.44. The molecule has 0 bridgehead atoms. The summed E-state index contributed by atoms with van der Waals surface area (Å²) >= 11 is 0. The van der Waals surface area contributed by atoms with Gasteiger partial charge < -0.3 is 10.5 Å². The number of benzene rings is 2. The molecule has 0 atom stereocenters.